The second kappa shape index (κ2) is 8.62. The zero-order chi connectivity index (χ0) is 21.8. The molecule has 6 nitrogen and oxygen atoms in total. The molecule has 156 valence electrons. The molecular formula is C19H25F3N2O4. The van der Waals surface area contributed by atoms with Crippen molar-refractivity contribution < 1.29 is 32.2 Å². The van der Waals surface area contributed by atoms with Gasteiger partial charge in [0.1, 0.15) is 17.0 Å². The number of amidine groups is 1. The van der Waals surface area contributed by atoms with Gasteiger partial charge in [-0.1, -0.05) is 18.2 Å². The SMILES string of the molecule is CC(C)(C)OC(=O)N=C(Cc1cccc(C(F)(F)F)c1)NC(=O)OC(C)(C)C. The minimum atomic E-state index is -4.52. The van der Waals surface area contributed by atoms with Gasteiger partial charge in [0.05, 0.1) is 5.56 Å². The van der Waals surface area contributed by atoms with E-state index in [9.17, 15) is 22.8 Å². The van der Waals surface area contributed by atoms with Crippen LogP contribution in [0.4, 0.5) is 22.8 Å². The number of alkyl halides is 3. The van der Waals surface area contributed by atoms with Gasteiger partial charge in [-0.15, -0.1) is 0 Å². The Hall–Kier alpha value is -2.58. The Morgan fingerprint density at radius 1 is 1.00 bits per heavy atom. The third kappa shape index (κ3) is 9.38. The highest BCUT2D eigenvalue weighted by Crippen LogP contribution is 2.29. The van der Waals surface area contributed by atoms with E-state index in [-0.39, 0.29) is 17.8 Å². The maximum atomic E-state index is 12.9. The molecule has 0 aliphatic rings. The number of aliphatic imine (C=N–C) groups is 1. The fraction of sp³-hybridized carbons (Fsp3) is 0.526. The number of nitrogens with one attached hydrogen (secondary N) is 1. The highest BCUT2D eigenvalue weighted by atomic mass is 19.4. The van der Waals surface area contributed by atoms with E-state index in [1.807, 2.05) is 0 Å². The smallest absolute Gasteiger partial charge is 0.435 e. The highest BCUT2D eigenvalue weighted by molar-refractivity contribution is 6.01. The van der Waals surface area contributed by atoms with Gasteiger partial charge in [-0.25, -0.2) is 9.59 Å². The van der Waals surface area contributed by atoms with Crippen LogP contribution in [0.15, 0.2) is 29.3 Å². The average molecular weight is 402 g/mol. The van der Waals surface area contributed by atoms with Gasteiger partial charge in [-0.3, -0.25) is 5.32 Å². The summed E-state index contributed by atoms with van der Waals surface area (Å²) >= 11 is 0. The van der Waals surface area contributed by atoms with E-state index in [1.54, 1.807) is 41.5 Å². The zero-order valence-corrected chi connectivity index (χ0v) is 16.7. The Morgan fingerprint density at radius 2 is 1.57 bits per heavy atom. The first-order chi connectivity index (χ1) is 12.5. The van der Waals surface area contributed by atoms with Crippen molar-refractivity contribution >= 4 is 18.0 Å². The van der Waals surface area contributed by atoms with E-state index in [0.29, 0.717) is 0 Å². The van der Waals surface area contributed by atoms with Crippen LogP contribution in [-0.4, -0.2) is 29.2 Å². The summed E-state index contributed by atoms with van der Waals surface area (Å²) in [6, 6.07) is 4.50. The highest BCUT2D eigenvalue weighted by Gasteiger charge is 2.30. The Bertz CT molecular complexity index is 745. The lowest BCUT2D eigenvalue weighted by molar-refractivity contribution is -0.137. The molecule has 1 aromatic rings. The van der Waals surface area contributed by atoms with Crippen molar-refractivity contribution in [3.63, 3.8) is 0 Å². The first-order valence-electron chi connectivity index (χ1n) is 8.52. The van der Waals surface area contributed by atoms with Crippen molar-refractivity contribution in [2.24, 2.45) is 4.99 Å². The summed E-state index contributed by atoms with van der Waals surface area (Å²) in [5, 5.41) is 2.30. The second-order valence-corrected chi connectivity index (χ2v) is 8.04. The molecule has 0 aliphatic carbocycles. The molecule has 0 fully saturated rings. The zero-order valence-electron chi connectivity index (χ0n) is 16.7. The van der Waals surface area contributed by atoms with Crippen LogP contribution in [0, 0.1) is 0 Å². The molecule has 1 aromatic carbocycles. The van der Waals surface area contributed by atoms with Crippen LogP contribution in [0.2, 0.25) is 0 Å². The van der Waals surface area contributed by atoms with Crippen LogP contribution >= 0.6 is 0 Å². The monoisotopic (exact) mass is 402 g/mol. The second-order valence-electron chi connectivity index (χ2n) is 8.04. The van der Waals surface area contributed by atoms with Crippen molar-refractivity contribution in [3.05, 3.63) is 35.4 Å². The molecular weight excluding hydrogens is 377 g/mol. The van der Waals surface area contributed by atoms with Gasteiger partial charge in [0.2, 0.25) is 0 Å². The maximum Gasteiger partial charge on any atom is 0.435 e. The van der Waals surface area contributed by atoms with E-state index in [0.717, 1.165) is 12.1 Å². The predicted molar refractivity (Wildman–Crippen MR) is 98.2 cm³/mol. The molecule has 0 saturated heterocycles. The van der Waals surface area contributed by atoms with Crippen molar-refractivity contribution in [1.82, 2.24) is 5.32 Å². The van der Waals surface area contributed by atoms with E-state index >= 15 is 0 Å². The fourth-order valence-electron chi connectivity index (χ4n) is 1.98. The number of hydrogen-bond acceptors (Lipinski definition) is 4. The van der Waals surface area contributed by atoms with E-state index < -0.39 is 35.1 Å². The number of nitrogens with zero attached hydrogens (tertiary/aromatic N) is 1. The van der Waals surface area contributed by atoms with Crippen molar-refractivity contribution in [2.75, 3.05) is 0 Å². The van der Waals surface area contributed by atoms with Gasteiger partial charge in [0, 0.05) is 6.42 Å². The molecule has 2 amide bonds. The minimum absolute atomic E-state index is 0.192. The normalized spacial score (nSPS) is 13.1. The van der Waals surface area contributed by atoms with Crippen LogP contribution in [-0.2, 0) is 22.1 Å². The molecule has 0 aromatic heterocycles. The number of ether oxygens (including phenoxy) is 2. The molecule has 1 rings (SSSR count). The van der Waals surface area contributed by atoms with Crippen LogP contribution in [0.25, 0.3) is 0 Å². The number of alkyl carbamates (subject to hydrolysis) is 1. The number of benzene rings is 1. The third-order valence-electron chi connectivity index (χ3n) is 2.89. The van der Waals surface area contributed by atoms with E-state index in [4.69, 9.17) is 9.47 Å². The van der Waals surface area contributed by atoms with Gasteiger partial charge in [-0.2, -0.15) is 18.2 Å². The Labute approximate surface area is 162 Å². The fourth-order valence-corrected chi connectivity index (χ4v) is 1.98. The standard InChI is InChI=1S/C19H25F3N2O4/c1-17(2,3)27-15(25)23-14(24-16(26)28-18(4,5)6)11-12-8-7-9-13(10-12)19(20,21)22/h7-10H,11H2,1-6H3,(H,23,24,25,26). The third-order valence-corrected chi connectivity index (χ3v) is 2.89. The van der Waals surface area contributed by atoms with Crippen molar-refractivity contribution in [2.45, 2.75) is 65.3 Å². The number of carbonyl (C=O) groups excluding carboxylic acids is 2. The lowest BCUT2D eigenvalue weighted by Crippen LogP contribution is -2.38. The molecule has 9 heteroatoms. The minimum Gasteiger partial charge on any atom is -0.444 e. The summed E-state index contributed by atoms with van der Waals surface area (Å²) in [6.07, 6.45) is -6.62. The van der Waals surface area contributed by atoms with E-state index in [1.165, 1.54) is 12.1 Å². The number of amides is 2. The summed E-state index contributed by atoms with van der Waals surface area (Å²) in [5.41, 5.74) is -2.28. The van der Waals surface area contributed by atoms with Gasteiger partial charge >= 0.3 is 18.4 Å². The number of halogens is 3. The number of rotatable bonds is 2. The molecule has 0 heterocycles. The average Bonchev–Trinajstić information content (AvgIpc) is 2.42. The Morgan fingerprint density at radius 3 is 2.07 bits per heavy atom. The van der Waals surface area contributed by atoms with Gasteiger partial charge in [0.15, 0.2) is 0 Å². The Balaban J connectivity index is 3.10. The summed E-state index contributed by atoms with van der Waals surface area (Å²) < 4.78 is 48.9. The van der Waals surface area contributed by atoms with Crippen LogP contribution in [0.3, 0.4) is 0 Å². The van der Waals surface area contributed by atoms with Gasteiger partial charge in [-0.05, 0) is 53.2 Å². The molecule has 28 heavy (non-hydrogen) atoms. The summed E-state index contributed by atoms with van der Waals surface area (Å²) in [4.78, 5) is 27.7. The molecule has 0 atom stereocenters. The lowest BCUT2D eigenvalue weighted by Gasteiger charge is -2.21. The molecule has 0 aliphatic heterocycles. The molecule has 0 bridgehead atoms. The first-order valence-corrected chi connectivity index (χ1v) is 8.52. The summed E-state index contributed by atoms with van der Waals surface area (Å²) in [5.74, 6) is -0.192. The lowest BCUT2D eigenvalue weighted by atomic mass is 10.1. The summed E-state index contributed by atoms with van der Waals surface area (Å²) in [7, 11) is 0. The van der Waals surface area contributed by atoms with Crippen LogP contribution in [0.1, 0.15) is 52.7 Å². The van der Waals surface area contributed by atoms with Crippen molar-refractivity contribution in [1.29, 1.82) is 0 Å². The van der Waals surface area contributed by atoms with E-state index in [2.05, 4.69) is 10.3 Å². The van der Waals surface area contributed by atoms with Gasteiger partial charge < -0.3 is 9.47 Å². The Kier molecular flexibility index (Phi) is 7.22. The molecule has 1 N–H and O–H groups in total. The van der Waals surface area contributed by atoms with Crippen LogP contribution in [0.5, 0.6) is 0 Å². The first kappa shape index (κ1) is 23.5. The quantitative estimate of drug-likeness (QED) is 0.551. The predicted octanol–water partition coefficient (Wildman–Crippen LogP) is 5.11. The van der Waals surface area contributed by atoms with Crippen molar-refractivity contribution in [3.8, 4) is 0 Å². The number of hydrogen-bond donors (Lipinski definition) is 1. The molecule has 0 spiro atoms. The summed E-state index contributed by atoms with van der Waals surface area (Å²) in [6.45, 7) is 9.83. The topological polar surface area (TPSA) is 77.0 Å². The van der Waals surface area contributed by atoms with Crippen LogP contribution < -0.4 is 5.32 Å². The molecule has 0 saturated carbocycles. The number of carbonyl (C=O) groups is 2. The van der Waals surface area contributed by atoms with Gasteiger partial charge in [0.25, 0.3) is 0 Å². The maximum absolute atomic E-state index is 12.9. The largest absolute Gasteiger partial charge is 0.444 e. The molecule has 0 unspecified atom stereocenters. The molecule has 0 radical (unpaired) electrons.